The zero-order valence-corrected chi connectivity index (χ0v) is 14.4. The van der Waals surface area contributed by atoms with Gasteiger partial charge in [0.2, 0.25) is 0 Å². The van der Waals surface area contributed by atoms with Gasteiger partial charge in [0.1, 0.15) is 5.78 Å². The quantitative estimate of drug-likeness (QED) is 0.803. The van der Waals surface area contributed by atoms with E-state index in [0.29, 0.717) is 40.7 Å². The predicted octanol–water partition coefficient (Wildman–Crippen LogP) is 3.66. The molecule has 3 rings (SSSR count). The number of hydrogen-bond acceptors (Lipinski definition) is 4. The average Bonchev–Trinajstić information content (AvgIpc) is 2.53. The van der Waals surface area contributed by atoms with Gasteiger partial charge in [-0.15, -0.1) is 0 Å². The van der Waals surface area contributed by atoms with Crippen LogP contribution in [0, 0.1) is 5.92 Å². The van der Waals surface area contributed by atoms with Gasteiger partial charge in [-0.3, -0.25) is 14.2 Å². The van der Waals surface area contributed by atoms with Gasteiger partial charge >= 0.3 is 0 Å². The third-order valence-corrected chi connectivity index (χ3v) is 5.43. The zero-order valence-electron chi connectivity index (χ0n) is 13.6. The molecule has 122 valence electrons. The van der Waals surface area contributed by atoms with Crippen LogP contribution in [0.1, 0.15) is 39.5 Å². The van der Waals surface area contributed by atoms with Gasteiger partial charge in [0.15, 0.2) is 5.16 Å². The Bertz CT molecular complexity index is 782. The van der Waals surface area contributed by atoms with Crippen molar-refractivity contribution >= 4 is 28.4 Å². The minimum absolute atomic E-state index is 0.00458. The van der Waals surface area contributed by atoms with Crippen molar-refractivity contribution in [3.05, 3.63) is 34.6 Å². The van der Waals surface area contributed by atoms with Gasteiger partial charge in [-0.2, -0.15) is 0 Å². The van der Waals surface area contributed by atoms with Gasteiger partial charge in [-0.25, -0.2) is 4.98 Å². The highest BCUT2D eigenvalue weighted by molar-refractivity contribution is 8.00. The number of aromatic nitrogens is 2. The number of fused-ring (bicyclic) bond motifs is 1. The largest absolute Gasteiger partial charge is 0.298 e. The van der Waals surface area contributed by atoms with Gasteiger partial charge in [0.05, 0.1) is 16.2 Å². The summed E-state index contributed by atoms with van der Waals surface area (Å²) in [5.41, 5.74) is 0.707. The maximum absolute atomic E-state index is 12.8. The molecular weight excluding hydrogens is 308 g/mol. The molecule has 1 atom stereocenters. The number of carbonyl (C=O) groups is 1. The maximum Gasteiger partial charge on any atom is 0.262 e. The Kier molecular flexibility index (Phi) is 4.85. The fraction of sp³-hybridized carbons (Fsp3) is 0.500. The Morgan fingerprint density at radius 3 is 2.78 bits per heavy atom. The van der Waals surface area contributed by atoms with Crippen LogP contribution in [0.15, 0.2) is 34.2 Å². The molecule has 0 unspecified atom stereocenters. The number of thioether (sulfide) groups is 1. The van der Waals surface area contributed by atoms with Crippen LogP contribution in [0.3, 0.4) is 0 Å². The van der Waals surface area contributed by atoms with E-state index in [9.17, 15) is 9.59 Å². The zero-order chi connectivity index (χ0) is 16.4. The van der Waals surface area contributed by atoms with Gasteiger partial charge < -0.3 is 0 Å². The Labute approximate surface area is 140 Å². The molecule has 0 saturated heterocycles. The number of para-hydroxylation sites is 1. The topological polar surface area (TPSA) is 52.0 Å². The highest BCUT2D eigenvalue weighted by atomic mass is 32.2. The first kappa shape index (κ1) is 16.2. The number of nitrogens with zero attached hydrogens (tertiary/aromatic N) is 2. The molecule has 1 aromatic heterocycles. The number of ketones is 1. The average molecular weight is 330 g/mol. The summed E-state index contributed by atoms with van der Waals surface area (Å²) in [7, 11) is 0. The molecule has 1 fully saturated rings. The summed E-state index contributed by atoms with van der Waals surface area (Å²) < 4.78 is 1.75. The summed E-state index contributed by atoms with van der Waals surface area (Å²) in [5, 5.41) is 1.27. The third kappa shape index (κ3) is 3.50. The number of rotatable bonds is 4. The molecule has 1 aliphatic carbocycles. The van der Waals surface area contributed by atoms with Gasteiger partial charge in [0.25, 0.3) is 5.56 Å². The van der Waals surface area contributed by atoms with Crippen LogP contribution in [-0.4, -0.2) is 20.6 Å². The first-order chi connectivity index (χ1) is 11.1. The normalized spacial score (nSPS) is 18.7. The standard InChI is InChI=1S/C18H22N2O2S/c1-12(2)11-20-17(22)13-7-3-4-8-14(13)19-18(20)23-16-10-6-5-9-15(16)21/h3-4,7-8,12,16H,5-6,9-11H2,1-2H3/t16-/m0/s1. The van der Waals surface area contributed by atoms with Crippen molar-refractivity contribution in [1.82, 2.24) is 9.55 Å². The lowest BCUT2D eigenvalue weighted by atomic mass is 9.99. The minimum Gasteiger partial charge on any atom is -0.298 e. The summed E-state index contributed by atoms with van der Waals surface area (Å²) in [6.07, 6.45) is 3.60. The molecule has 2 aromatic rings. The summed E-state index contributed by atoms with van der Waals surface area (Å²) in [4.78, 5) is 29.7. The summed E-state index contributed by atoms with van der Waals surface area (Å²) in [5.74, 6) is 0.636. The molecule has 1 heterocycles. The van der Waals surface area contributed by atoms with Crippen molar-refractivity contribution in [2.75, 3.05) is 0 Å². The van der Waals surface area contributed by atoms with Crippen LogP contribution in [-0.2, 0) is 11.3 Å². The van der Waals surface area contributed by atoms with Crippen LogP contribution in [0.4, 0.5) is 0 Å². The Morgan fingerprint density at radius 2 is 2.04 bits per heavy atom. The number of hydrogen-bond donors (Lipinski definition) is 0. The molecule has 0 spiro atoms. The molecule has 0 N–H and O–H groups in total. The second kappa shape index (κ2) is 6.87. The van der Waals surface area contributed by atoms with E-state index in [1.807, 2.05) is 24.3 Å². The van der Waals surface area contributed by atoms with Crippen LogP contribution < -0.4 is 5.56 Å². The van der Waals surface area contributed by atoms with E-state index in [-0.39, 0.29) is 10.8 Å². The molecule has 5 heteroatoms. The molecule has 1 saturated carbocycles. The van der Waals surface area contributed by atoms with Crippen LogP contribution >= 0.6 is 11.8 Å². The fourth-order valence-electron chi connectivity index (χ4n) is 2.97. The van der Waals surface area contributed by atoms with Gasteiger partial charge in [0, 0.05) is 13.0 Å². The van der Waals surface area contributed by atoms with Gasteiger partial charge in [-0.1, -0.05) is 44.2 Å². The summed E-state index contributed by atoms with van der Waals surface area (Å²) >= 11 is 1.47. The number of Topliss-reactive ketones (excluding diaryl/α,β-unsaturated/α-hetero) is 1. The Balaban J connectivity index is 2.06. The third-order valence-electron chi connectivity index (χ3n) is 4.12. The summed E-state index contributed by atoms with van der Waals surface area (Å²) in [6.45, 7) is 4.80. The molecule has 23 heavy (non-hydrogen) atoms. The Hall–Kier alpha value is -1.62. The van der Waals surface area contributed by atoms with Crippen molar-refractivity contribution in [2.24, 2.45) is 5.92 Å². The maximum atomic E-state index is 12.8. The Morgan fingerprint density at radius 1 is 1.26 bits per heavy atom. The molecule has 1 aliphatic rings. The molecule has 0 amide bonds. The number of carbonyl (C=O) groups excluding carboxylic acids is 1. The molecular formula is C18H22N2O2S. The van der Waals surface area contributed by atoms with Gasteiger partial charge in [-0.05, 0) is 30.9 Å². The second-order valence-electron chi connectivity index (χ2n) is 6.54. The van der Waals surface area contributed by atoms with Crippen molar-refractivity contribution in [3.63, 3.8) is 0 Å². The van der Waals surface area contributed by atoms with Crippen molar-refractivity contribution < 1.29 is 4.79 Å². The fourth-order valence-corrected chi connectivity index (χ4v) is 4.19. The van der Waals surface area contributed by atoms with E-state index in [4.69, 9.17) is 4.98 Å². The SMILES string of the molecule is CC(C)Cn1c(S[C@H]2CCCCC2=O)nc2ccccc2c1=O. The van der Waals surface area contributed by atoms with Crippen LogP contribution in [0.25, 0.3) is 10.9 Å². The lowest BCUT2D eigenvalue weighted by Crippen LogP contribution is -2.28. The monoisotopic (exact) mass is 330 g/mol. The van der Waals surface area contributed by atoms with Crippen LogP contribution in [0.5, 0.6) is 0 Å². The van der Waals surface area contributed by atoms with E-state index in [1.165, 1.54) is 11.8 Å². The molecule has 0 aliphatic heterocycles. The van der Waals surface area contributed by atoms with Crippen molar-refractivity contribution in [3.8, 4) is 0 Å². The lowest BCUT2D eigenvalue weighted by molar-refractivity contribution is -0.119. The lowest BCUT2D eigenvalue weighted by Gasteiger charge is -2.22. The first-order valence-electron chi connectivity index (χ1n) is 8.25. The van der Waals surface area contributed by atoms with E-state index in [2.05, 4.69) is 13.8 Å². The highest BCUT2D eigenvalue weighted by Gasteiger charge is 2.25. The van der Waals surface area contributed by atoms with E-state index < -0.39 is 0 Å². The molecule has 4 nitrogen and oxygen atoms in total. The van der Waals surface area contributed by atoms with E-state index in [0.717, 1.165) is 19.3 Å². The summed E-state index contributed by atoms with van der Waals surface area (Å²) in [6, 6.07) is 7.44. The molecule has 0 bridgehead atoms. The second-order valence-corrected chi connectivity index (χ2v) is 7.71. The smallest absolute Gasteiger partial charge is 0.262 e. The molecule has 1 aromatic carbocycles. The minimum atomic E-state index is -0.0600. The van der Waals surface area contributed by atoms with Crippen molar-refractivity contribution in [1.29, 1.82) is 0 Å². The highest BCUT2D eigenvalue weighted by Crippen LogP contribution is 2.31. The van der Waals surface area contributed by atoms with E-state index >= 15 is 0 Å². The first-order valence-corrected chi connectivity index (χ1v) is 9.13. The van der Waals surface area contributed by atoms with E-state index in [1.54, 1.807) is 4.57 Å². The van der Waals surface area contributed by atoms with Crippen molar-refractivity contribution in [2.45, 2.75) is 56.5 Å². The number of benzene rings is 1. The predicted molar refractivity (Wildman–Crippen MR) is 94.0 cm³/mol. The van der Waals surface area contributed by atoms with Crippen LogP contribution in [0.2, 0.25) is 0 Å². The molecule has 0 radical (unpaired) electrons.